The van der Waals surface area contributed by atoms with Gasteiger partial charge >= 0.3 is 5.97 Å². The normalized spacial score (nSPS) is 15.9. The molecule has 0 radical (unpaired) electrons. The van der Waals surface area contributed by atoms with Crippen LogP contribution in [-0.4, -0.2) is 18.1 Å². The Morgan fingerprint density at radius 2 is 1.73 bits per heavy atom. The van der Waals surface area contributed by atoms with Crippen LogP contribution in [0.2, 0.25) is 0 Å². The third-order valence-corrected chi connectivity index (χ3v) is 2.32. The smallest absolute Gasteiger partial charge is 0.325 e. The van der Waals surface area contributed by atoms with Crippen molar-refractivity contribution in [2.24, 2.45) is 11.1 Å². The Hall–Kier alpha value is -0.570. The van der Waals surface area contributed by atoms with Gasteiger partial charge < -0.3 is 10.5 Å². The molecular formula is C12H25NO2. The average Bonchev–Trinajstić information content (AvgIpc) is 2.01. The molecule has 2 N–H and O–H groups in total. The van der Waals surface area contributed by atoms with E-state index in [1.54, 1.807) is 6.92 Å². The van der Waals surface area contributed by atoms with E-state index in [1.165, 1.54) is 0 Å². The molecule has 15 heavy (non-hydrogen) atoms. The Balaban J connectivity index is 3.94. The topological polar surface area (TPSA) is 52.3 Å². The van der Waals surface area contributed by atoms with Gasteiger partial charge in [-0.3, -0.25) is 4.79 Å². The van der Waals surface area contributed by atoms with Gasteiger partial charge in [0.2, 0.25) is 0 Å². The average molecular weight is 215 g/mol. The van der Waals surface area contributed by atoms with Crippen molar-refractivity contribution in [3.05, 3.63) is 0 Å². The second-order valence-corrected chi connectivity index (χ2v) is 5.61. The summed E-state index contributed by atoms with van der Waals surface area (Å²) in [5, 5.41) is 0. The zero-order valence-electron chi connectivity index (χ0n) is 10.7. The second kappa shape index (κ2) is 5.50. The number of ether oxygens (including phenoxy) is 1. The molecule has 0 saturated carbocycles. The van der Waals surface area contributed by atoms with Crippen LogP contribution in [0.5, 0.6) is 0 Å². The van der Waals surface area contributed by atoms with E-state index in [0.717, 1.165) is 12.8 Å². The number of nitrogens with two attached hydrogens (primary N) is 1. The summed E-state index contributed by atoms with van der Waals surface area (Å²) in [5.74, 6) is -0.284. The van der Waals surface area contributed by atoms with Gasteiger partial charge in [0, 0.05) is 0 Å². The number of hydrogen-bond acceptors (Lipinski definition) is 3. The molecular weight excluding hydrogens is 190 g/mol. The molecule has 0 aromatic heterocycles. The van der Waals surface area contributed by atoms with Gasteiger partial charge in [-0.25, -0.2) is 0 Å². The van der Waals surface area contributed by atoms with Crippen LogP contribution in [-0.2, 0) is 9.53 Å². The Bertz CT molecular complexity index is 204. The van der Waals surface area contributed by atoms with Gasteiger partial charge in [-0.2, -0.15) is 0 Å². The summed E-state index contributed by atoms with van der Waals surface area (Å²) in [6.07, 6.45) is 2.42. The zero-order valence-corrected chi connectivity index (χ0v) is 10.7. The quantitative estimate of drug-likeness (QED) is 0.717. The van der Waals surface area contributed by atoms with Crippen LogP contribution in [0.3, 0.4) is 0 Å². The molecule has 0 aromatic rings. The first-order chi connectivity index (χ1) is 6.69. The molecule has 1 unspecified atom stereocenters. The molecule has 0 aliphatic rings. The summed E-state index contributed by atoms with van der Waals surface area (Å²) >= 11 is 0. The number of carbonyl (C=O) groups excluding carboxylic acids is 1. The van der Waals surface area contributed by atoms with Gasteiger partial charge in [0.15, 0.2) is 0 Å². The Morgan fingerprint density at radius 3 is 2.13 bits per heavy atom. The van der Waals surface area contributed by atoms with Crippen molar-refractivity contribution in [3.8, 4) is 0 Å². The minimum atomic E-state index is -0.827. The molecule has 3 heteroatoms. The third-order valence-electron chi connectivity index (χ3n) is 2.32. The molecule has 0 bridgehead atoms. The van der Waals surface area contributed by atoms with Crippen LogP contribution in [0.15, 0.2) is 0 Å². The summed E-state index contributed by atoms with van der Waals surface area (Å²) in [6.45, 7) is 10.6. The second-order valence-electron chi connectivity index (χ2n) is 5.61. The van der Waals surface area contributed by atoms with Crippen LogP contribution in [0.1, 0.15) is 53.9 Å². The summed E-state index contributed by atoms with van der Waals surface area (Å²) in [4.78, 5) is 11.6. The monoisotopic (exact) mass is 215 g/mol. The van der Waals surface area contributed by atoms with Gasteiger partial charge in [-0.15, -0.1) is 0 Å². The molecule has 90 valence electrons. The maximum Gasteiger partial charge on any atom is 0.325 e. The molecule has 1 atom stereocenters. The number of hydrogen-bond donors (Lipinski definition) is 1. The lowest BCUT2D eigenvalue weighted by molar-refractivity contribution is -0.150. The fourth-order valence-corrected chi connectivity index (χ4v) is 1.24. The van der Waals surface area contributed by atoms with E-state index in [2.05, 4.69) is 20.8 Å². The van der Waals surface area contributed by atoms with Crippen LogP contribution < -0.4 is 5.73 Å². The van der Waals surface area contributed by atoms with E-state index in [-0.39, 0.29) is 11.4 Å². The summed E-state index contributed by atoms with van der Waals surface area (Å²) in [7, 11) is 0. The minimum absolute atomic E-state index is 0.191. The van der Waals surface area contributed by atoms with E-state index in [4.69, 9.17) is 10.5 Å². The molecule has 0 aliphatic heterocycles. The van der Waals surface area contributed by atoms with Crippen LogP contribution in [0, 0.1) is 5.41 Å². The molecule has 0 aliphatic carbocycles. The van der Waals surface area contributed by atoms with Gasteiger partial charge in [0.1, 0.15) is 5.54 Å². The first-order valence-electron chi connectivity index (χ1n) is 5.65. The maximum atomic E-state index is 11.6. The molecule has 0 spiro atoms. The lowest BCUT2D eigenvalue weighted by atomic mass is 9.93. The van der Waals surface area contributed by atoms with Crippen molar-refractivity contribution in [2.45, 2.75) is 59.4 Å². The highest BCUT2D eigenvalue weighted by Gasteiger charge is 2.29. The van der Waals surface area contributed by atoms with Gasteiger partial charge in [0.05, 0.1) is 6.61 Å². The highest BCUT2D eigenvalue weighted by atomic mass is 16.5. The van der Waals surface area contributed by atoms with Crippen molar-refractivity contribution in [2.75, 3.05) is 6.61 Å². The molecule has 3 nitrogen and oxygen atoms in total. The van der Waals surface area contributed by atoms with E-state index in [0.29, 0.717) is 13.0 Å². The molecule has 0 rings (SSSR count). The SMILES string of the molecule is CCCC(C)(N)C(=O)OCCC(C)(C)C. The van der Waals surface area contributed by atoms with E-state index < -0.39 is 5.54 Å². The maximum absolute atomic E-state index is 11.6. The molecule has 0 saturated heterocycles. The number of rotatable bonds is 5. The first kappa shape index (κ1) is 14.4. The third kappa shape index (κ3) is 6.50. The Labute approximate surface area is 93.4 Å². The lowest BCUT2D eigenvalue weighted by Crippen LogP contribution is -2.46. The van der Waals surface area contributed by atoms with Gasteiger partial charge in [-0.1, -0.05) is 34.1 Å². The van der Waals surface area contributed by atoms with E-state index in [9.17, 15) is 4.79 Å². The molecule has 0 aromatic carbocycles. The lowest BCUT2D eigenvalue weighted by Gasteiger charge is -2.23. The van der Waals surface area contributed by atoms with Crippen molar-refractivity contribution >= 4 is 5.97 Å². The van der Waals surface area contributed by atoms with Crippen molar-refractivity contribution < 1.29 is 9.53 Å². The molecule has 0 fully saturated rings. The first-order valence-corrected chi connectivity index (χ1v) is 5.65. The van der Waals surface area contributed by atoms with Crippen LogP contribution in [0.4, 0.5) is 0 Å². The predicted octanol–water partition coefficient (Wildman–Crippen LogP) is 2.48. The standard InChI is InChI=1S/C12H25NO2/c1-6-7-12(5,13)10(14)15-9-8-11(2,3)4/h6-9,13H2,1-5H3. The van der Waals surface area contributed by atoms with Gasteiger partial charge in [0.25, 0.3) is 0 Å². The molecule has 0 heterocycles. The van der Waals surface area contributed by atoms with Crippen molar-refractivity contribution in [1.82, 2.24) is 0 Å². The Morgan fingerprint density at radius 1 is 1.20 bits per heavy atom. The molecule has 0 amide bonds. The largest absolute Gasteiger partial charge is 0.464 e. The number of esters is 1. The van der Waals surface area contributed by atoms with Crippen LogP contribution >= 0.6 is 0 Å². The highest BCUT2D eigenvalue weighted by molar-refractivity contribution is 5.79. The van der Waals surface area contributed by atoms with E-state index >= 15 is 0 Å². The highest BCUT2D eigenvalue weighted by Crippen LogP contribution is 2.19. The van der Waals surface area contributed by atoms with Crippen molar-refractivity contribution in [3.63, 3.8) is 0 Å². The van der Waals surface area contributed by atoms with Crippen LogP contribution in [0.25, 0.3) is 0 Å². The minimum Gasteiger partial charge on any atom is -0.464 e. The van der Waals surface area contributed by atoms with Crippen molar-refractivity contribution in [1.29, 1.82) is 0 Å². The summed E-state index contributed by atoms with van der Waals surface area (Å²) in [6, 6.07) is 0. The summed E-state index contributed by atoms with van der Waals surface area (Å²) in [5.41, 5.74) is 5.21. The predicted molar refractivity (Wildman–Crippen MR) is 62.5 cm³/mol. The fourth-order valence-electron chi connectivity index (χ4n) is 1.24. The van der Waals surface area contributed by atoms with Gasteiger partial charge in [-0.05, 0) is 25.2 Å². The fraction of sp³-hybridized carbons (Fsp3) is 0.917. The summed E-state index contributed by atoms with van der Waals surface area (Å²) < 4.78 is 5.17. The Kier molecular flexibility index (Phi) is 5.29. The zero-order chi connectivity index (χ0) is 12.1. The number of carbonyl (C=O) groups is 1. The van der Waals surface area contributed by atoms with E-state index in [1.807, 2.05) is 6.92 Å².